The lowest BCUT2D eigenvalue weighted by Crippen LogP contribution is -2.47. The number of carbonyl (C=O) groups excluding carboxylic acids is 1. The van der Waals surface area contributed by atoms with Gasteiger partial charge in [-0.15, -0.1) is 0 Å². The largest absolute Gasteiger partial charge is 0.336 e. The number of anilines is 1. The van der Waals surface area contributed by atoms with Gasteiger partial charge in [-0.1, -0.05) is 18.2 Å². The van der Waals surface area contributed by atoms with Gasteiger partial charge in [0.05, 0.1) is 10.4 Å². The Labute approximate surface area is 169 Å². The van der Waals surface area contributed by atoms with E-state index in [-0.39, 0.29) is 5.91 Å². The van der Waals surface area contributed by atoms with Gasteiger partial charge < -0.3 is 14.5 Å². The van der Waals surface area contributed by atoms with Crippen molar-refractivity contribution in [1.29, 1.82) is 0 Å². The number of aryl methyl sites for hydroxylation is 1. The molecule has 1 fully saturated rings. The molecule has 0 spiro atoms. The van der Waals surface area contributed by atoms with E-state index in [2.05, 4.69) is 39.9 Å². The lowest BCUT2D eigenvalue weighted by atomic mass is 10.1. The zero-order valence-corrected chi connectivity index (χ0v) is 17.0. The second kappa shape index (κ2) is 8.20. The van der Waals surface area contributed by atoms with E-state index in [0.717, 1.165) is 58.8 Å². The minimum atomic E-state index is 0.119. The number of piperazine rings is 1. The third-order valence-corrected chi connectivity index (χ3v) is 6.00. The van der Waals surface area contributed by atoms with Gasteiger partial charge in [0.1, 0.15) is 0 Å². The Balaban J connectivity index is 1.47. The van der Waals surface area contributed by atoms with Crippen molar-refractivity contribution in [3.63, 3.8) is 0 Å². The number of pyridine rings is 1. The van der Waals surface area contributed by atoms with Crippen molar-refractivity contribution in [1.82, 2.24) is 14.8 Å². The van der Waals surface area contributed by atoms with Crippen molar-refractivity contribution in [3.8, 4) is 0 Å². The van der Waals surface area contributed by atoms with Crippen LogP contribution in [0.5, 0.6) is 0 Å². The van der Waals surface area contributed by atoms with E-state index < -0.39 is 0 Å². The number of para-hydroxylation sites is 1. The quantitative estimate of drug-likeness (QED) is 0.679. The van der Waals surface area contributed by atoms with Crippen LogP contribution in [0, 0.1) is 6.92 Å². The number of nitrogens with zero attached hydrogens (tertiary/aromatic N) is 3. The van der Waals surface area contributed by atoms with Crippen molar-refractivity contribution in [2.24, 2.45) is 0 Å². The number of rotatable bonds is 4. The van der Waals surface area contributed by atoms with Crippen LogP contribution in [0.1, 0.15) is 15.9 Å². The summed E-state index contributed by atoms with van der Waals surface area (Å²) in [5.74, 6) is 0.119. The summed E-state index contributed by atoms with van der Waals surface area (Å²) in [7, 11) is 2.09. The first kappa shape index (κ1) is 18.8. The van der Waals surface area contributed by atoms with Crippen molar-refractivity contribution >= 4 is 34.4 Å². The minimum absolute atomic E-state index is 0.119. The second-order valence-corrected chi connectivity index (χ2v) is 8.01. The molecule has 1 aliphatic rings. The van der Waals surface area contributed by atoms with Crippen LogP contribution in [-0.4, -0.2) is 53.9 Å². The summed E-state index contributed by atoms with van der Waals surface area (Å²) in [4.78, 5) is 22.5. The van der Waals surface area contributed by atoms with E-state index in [4.69, 9.17) is 0 Å². The number of fused-ring (bicyclic) bond motifs is 1. The van der Waals surface area contributed by atoms with Crippen LogP contribution >= 0.6 is 11.9 Å². The van der Waals surface area contributed by atoms with Gasteiger partial charge >= 0.3 is 0 Å². The van der Waals surface area contributed by atoms with Gasteiger partial charge in [-0.05, 0) is 61.8 Å². The van der Waals surface area contributed by atoms with E-state index in [1.165, 1.54) is 0 Å². The molecule has 0 radical (unpaired) electrons. The molecule has 0 atom stereocenters. The predicted octanol–water partition coefficient (Wildman–Crippen LogP) is 4.05. The summed E-state index contributed by atoms with van der Waals surface area (Å²) >= 11 is 1.55. The SMILES string of the molecule is Cc1cc(C(=O)N2CCN(C)CC2)ccc1NSc1cccc2cccnc12. The van der Waals surface area contributed by atoms with E-state index >= 15 is 0 Å². The highest BCUT2D eigenvalue weighted by Crippen LogP contribution is 2.29. The summed E-state index contributed by atoms with van der Waals surface area (Å²) in [6.07, 6.45) is 1.82. The van der Waals surface area contributed by atoms with Crippen molar-refractivity contribution < 1.29 is 4.79 Å². The highest BCUT2D eigenvalue weighted by Gasteiger charge is 2.20. The molecule has 1 amide bonds. The molecule has 6 heteroatoms. The second-order valence-electron chi connectivity index (χ2n) is 7.16. The highest BCUT2D eigenvalue weighted by molar-refractivity contribution is 8.00. The molecule has 4 rings (SSSR count). The molecule has 0 unspecified atom stereocenters. The van der Waals surface area contributed by atoms with Gasteiger partial charge in [0.25, 0.3) is 5.91 Å². The fraction of sp³-hybridized carbons (Fsp3) is 0.273. The number of hydrogen-bond donors (Lipinski definition) is 1. The molecule has 1 N–H and O–H groups in total. The molecule has 0 bridgehead atoms. The zero-order chi connectivity index (χ0) is 19.5. The standard InChI is InChI=1S/C22H24N4OS/c1-16-15-18(22(27)26-13-11-25(2)12-14-26)8-9-19(16)24-28-20-7-3-5-17-6-4-10-23-21(17)20/h3-10,15,24H,11-14H2,1-2H3. The number of nitrogens with one attached hydrogen (secondary N) is 1. The van der Waals surface area contributed by atoms with E-state index in [0.29, 0.717) is 0 Å². The Bertz CT molecular complexity index is 993. The number of benzene rings is 2. The van der Waals surface area contributed by atoms with Crippen LogP contribution in [0.15, 0.2) is 59.6 Å². The summed E-state index contributed by atoms with van der Waals surface area (Å²) in [6, 6.07) is 16.1. The Kier molecular flexibility index (Phi) is 5.50. The predicted molar refractivity (Wildman–Crippen MR) is 116 cm³/mol. The van der Waals surface area contributed by atoms with Crippen LogP contribution in [0.25, 0.3) is 10.9 Å². The Morgan fingerprint density at radius 1 is 1.07 bits per heavy atom. The molecular weight excluding hydrogens is 368 g/mol. The molecule has 1 aliphatic heterocycles. The molecular formula is C22H24N4OS. The van der Waals surface area contributed by atoms with Gasteiger partial charge in [-0.3, -0.25) is 9.78 Å². The monoisotopic (exact) mass is 392 g/mol. The fourth-order valence-corrected chi connectivity index (χ4v) is 4.23. The first-order valence-electron chi connectivity index (χ1n) is 9.47. The number of carbonyl (C=O) groups is 1. The van der Waals surface area contributed by atoms with Gasteiger partial charge in [0.15, 0.2) is 0 Å². The van der Waals surface area contributed by atoms with Crippen molar-refractivity contribution in [2.45, 2.75) is 11.8 Å². The third-order valence-electron chi connectivity index (χ3n) is 5.13. The topological polar surface area (TPSA) is 48.5 Å². The highest BCUT2D eigenvalue weighted by atomic mass is 32.2. The van der Waals surface area contributed by atoms with Gasteiger partial charge in [0, 0.05) is 49.0 Å². The molecule has 1 aromatic heterocycles. The number of hydrogen-bond acceptors (Lipinski definition) is 5. The van der Waals surface area contributed by atoms with E-state index in [1.807, 2.05) is 48.4 Å². The zero-order valence-electron chi connectivity index (χ0n) is 16.2. The van der Waals surface area contributed by atoms with Crippen LogP contribution in [-0.2, 0) is 0 Å². The summed E-state index contributed by atoms with van der Waals surface area (Å²) in [5, 5.41) is 1.12. The molecule has 0 saturated carbocycles. The summed E-state index contributed by atoms with van der Waals surface area (Å²) in [5.41, 5.74) is 3.81. The van der Waals surface area contributed by atoms with Crippen LogP contribution in [0.3, 0.4) is 0 Å². The van der Waals surface area contributed by atoms with Crippen LogP contribution < -0.4 is 4.72 Å². The fourth-order valence-electron chi connectivity index (χ4n) is 3.37. The molecule has 2 heterocycles. The average Bonchev–Trinajstić information content (AvgIpc) is 2.73. The lowest BCUT2D eigenvalue weighted by molar-refractivity contribution is 0.0664. The maximum Gasteiger partial charge on any atom is 0.253 e. The molecule has 144 valence electrons. The van der Waals surface area contributed by atoms with Gasteiger partial charge in [-0.25, -0.2) is 0 Å². The maximum atomic E-state index is 12.8. The smallest absolute Gasteiger partial charge is 0.253 e. The van der Waals surface area contributed by atoms with E-state index in [9.17, 15) is 4.79 Å². The molecule has 5 nitrogen and oxygen atoms in total. The Hall–Kier alpha value is -2.57. The van der Waals surface area contributed by atoms with Crippen molar-refractivity contribution in [3.05, 3.63) is 65.9 Å². The first-order chi connectivity index (χ1) is 13.6. The summed E-state index contributed by atoms with van der Waals surface area (Å²) in [6.45, 7) is 5.47. The Morgan fingerprint density at radius 2 is 1.86 bits per heavy atom. The number of amides is 1. The first-order valence-corrected chi connectivity index (χ1v) is 10.3. The summed E-state index contributed by atoms with van der Waals surface area (Å²) < 4.78 is 3.42. The lowest BCUT2D eigenvalue weighted by Gasteiger charge is -2.32. The Morgan fingerprint density at radius 3 is 2.64 bits per heavy atom. The average molecular weight is 393 g/mol. The molecule has 28 heavy (non-hydrogen) atoms. The van der Waals surface area contributed by atoms with Crippen LogP contribution in [0.2, 0.25) is 0 Å². The van der Waals surface area contributed by atoms with Crippen molar-refractivity contribution in [2.75, 3.05) is 37.9 Å². The molecule has 0 aliphatic carbocycles. The normalized spacial score (nSPS) is 15.0. The molecule has 1 saturated heterocycles. The van der Waals surface area contributed by atoms with E-state index in [1.54, 1.807) is 11.9 Å². The minimum Gasteiger partial charge on any atom is -0.336 e. The third kappa shape index (κ3) is 3.98. The maximum absolute atomic E-state index is 12.8. The molecule has 3 aromatic rings. The number of likely N-dealkylation sites (N-methyl/N-ethyl adjacent to an activating group) is 1. The number of aromatic nitrogens is 1. The molecule has 2 aromatic carbocycles. The van der Waals surface area contributed by atoms with Gasteiger partial charge in [-0.2, -0.15) is 0 Å². The van der Waals surface area contributed by atoms with Crippen LogP contribution in [0.4, 0.5) is 5.69 Å². The van der Waals surface area contributed by atoms with Gasteiger partial charge in [0.2, 0.25) is 0 Å².